The number of hydrogen-bond donors (Lipinski definition) is 2. The number of carboxylic acid groups (broad SMARTS) is 1. The van der Waals surface area contributed by atoms with Crippen LogP contribution in [-0.2, 0) is 9.59 Å². The number of halogens is 1. The fourth-order valence-corrected chi connectivity index (χ4v) is 2.93. The van der Waals surface area contributed by atoms with Crippen LogP contribution in [0.25, 0.3) is 0 Å². The van der Waals surface area contributed by atoms with Gasteiger partial charge in [-0.15, -0.1) is 0 Å². The van der Waals surface area contributed by atoms with E-state index in [1.165, 1.54) is 0 Å². The van der Waals surface area contributed by atoms with Gasteiger partial charge in [0.1, 0.15) is 6.29 Å². The second-order valence-corrected chi connectivity index (χ2v) is 6.43. The zero-order valence-electron chi connectivity index (χ0n) is 13.3. The first kappa shape index (κ1) is 18.4. The number of benzene rings is 1. The van der Waals surface area contributed by atoms with Crippen LogP contribution in [0.4, 0.5) is 0 Å². The van der Waals surface area contributed by atoms with Crippen LogP contribution in [-0.4, -0.2) is 53.8 Å². The van der Waals surface area contributed by atoms with Crippen LogP contribution in [0.15, 0.2) is 24.3 Å². The van der Waals surface area contributed by atoms with E-state index < -0.39 is 12.0 Å². The van der Waals surface area contributed by atoms with Crippen molar-refractivity contribution in [2.24, 2.45) is 5.92 Å². The molecule has 1 fully saturated rings. The first-order valence-corrected chi connectivity index (χ1v) is 8.34. The molecule has 0 bridgehead atoms. The molecule has 1 heterocycles. The van der Waals surface area contributed by atoms with E-state index in [1.54, 1.807) is 24.3 Å². The maximum Gasteiger partial charge on any atom is 0.307 e. The molecule has 1 aliphatic rings. The first-order chi connectivity index (χ1) is 11.5. The number of carbonyl (C=O) groups excluding carboxylic acids is 2. The van der Waals surface area contributed by atoms with Gasteiger partial charge >= 0.3 is 5.97 Å². The van der Waals surface area contributed by atoms with Crippen LogP contribution >= 0.6 is 11.6 Å². The largest absolute Gasteiger partial charge is 0.481 e. The van der Waals surface area contributed by atoms with Gasteiger partial charge in [0.2, 0.25) is 0 Å². The van der Waals surface area contributed by atoms with E-state index in [0.29, 0.717) is 30.0 Å². The zero-order chi connectivity index (χ0) is 17.5. The number of rotatable bonds is 8. The summed E-state index contributed by atoms with van der Waals surface area (Å²) in [5.74, 6) is -1.36. The Morgan fingerprint density at radius 1 is 1.38 bits per heavy atom. The van der Waals surface area contributed by atoms with Gasteiger partial charge in [-0.05, 0) is 56.6 Å². The van der Waals surface area contributed by atoms with Crippen molar-refractivity contribution in [1.82, 2.24) is 10.2 Å². The van der Waals surface area contributed by atoms with E-state index in [9.17, 15) is 14.4 Å². The highest BCUT2D eigenvalue weighted by Gasteiger charge is 2.27. The molecular weight excluding hydrogens is 332 g/mol. The maximum absolute atomic E-state index is 12.1. The molecular formula is C17H21ClN2O4. The molecule has 0 aromatic heterocycles. The fraction of sp³-hybridized carbons (Fsp3) is 0.471. The second kappa shape index (κ2) is 8.80. The lowest BCUT2D eigenvalue weighted by molar-refractivity contribution is -0.141. The van der Waals surface area contributed by atoms with Gasteiger partial charge in [-0.25, -0.2) is 0 Å². The van der Waals surface area contributed by atoms with Crippen molar-refractivity contribution in [3.8, 4) is 0 Å². The SMILES string of the molecule is O=CC(CCCN1CCC(C(=O)O)C1)NC(=O)c1ccc(Cl)cc1. The Bertz CT molecular complexity index is 591. The second-order valence-electron chi connectivity index (χ2n) is 5.99. The summed E-state index contributed by atoms with van der Waals surface area (Å²) in [5.41, 5.74) is 0.454. The molecule has 0 radical (unpaired) electrons. The van der Waals surface area contributed by atoms with Crippen molar-refractivity contribution >= 4 is 29.8 Å². The summed E-state index contributed by atoms with van der Waals surface area (Å²) in [4.78, 5) is 36.2. The van der Waals surface area contributed by atoms with Crippen molar-refractivity contribution in [3.05, 3.63) is 34.9 Å². The molecule has 2 rings (SSSR count). The molecule has 1 amide bonds. The predicted molar refractivity (Wildman–Crippen MR) is 90.2 cm³/mol. The molecule has 1 aromatic carbocycles. The average molecular weight is 353 g/mol. The van der Waals surface area contributed by atoms with E-state index in [2.05, 4.69) is 10.2 Å². The molecule has 2 unspecified atom stereocenters. The quantitative estimate of drug-likeness (QED) is 0.697. The molecule has 2 atom stereocenters. The Labute approximate surface area is 145 Å². The lowest BCUT2D eigenvalue weighted by Crippen LogP contribution is -2.36. The van der Waals surface area contributed by atoms with E-state index >= 15 is 0 Å². The monoisotopic (exact) mass is 352 g/mol. The fourth-order valence-electron chi connectivity index (χ4n) is 2.80. The summed E-state index contributed by atoms with van der Waals surface area (Å²) in [6.07, 6.45) is 2.64. The standard InChI is InChI=1S/C17H21ClN2O4/c18-14-5-3-12(4-6-14)16(22)19-15(11-21)2-1-8-20-9-7-13(10-20)17(23)24/h3-6,11,13,15H,1-2,7-10H2,(H,19,22)(H,23,24). The topological polar surface area (TPSA) is 86.7 Å². The van der Waals surface area contributed by atoms with Crippen LogP contribution in [0.3, 0.4) is 0 Å². The minimum atomic E-state index is -0.751. The third kappa shape index (κ3) is 5.32. The van der Waals surface area contributed by atoms with Gasteiger partial charge < -0.3 is 20.1 Å². The van der Waals surface area contributed by atoms with E-state index in [0.717, 1.165) is 25.8 Å². The van der Waals surface area contributed by atoms with E-state index in [1.807, 2.05) is 0 Å². The van der Waals surface area contributed by atoms with Gasteiger partial charge in [0, 0.05) is 17.1 Å². The summed E-state index contributed by atoms with van der Waals surface area (Å²) in [5, 5.41) is 12.2. The molecule has 24 heavy (non-hydrogen) atoms. The number of likely N-dealkylation sites (tertiary alicyclic amines) is 1. The maximum atomic E-state index is 12.1. The summed E-state index contributed by atoms with van der Waals surface area (Å²) in [6.45, 7) is 2.04. The number of aldehydes is 1. The number of hydrogen-bond acceptors (Lipinski definition) is 4. The molecule has 0 saturated carbocycles. The van der Waals surface area contributed by atoms with Gasteiger partial charge in [0.05, 0.1) is 12.0 Å². The molecule has 2 N–H and O–H groups in total. The lowest BCUT2D eigenvalue weighted by Gasteiger charge is -2.17. The summed E-state index contributed by atoms with van der Waals surface area (Å²) in [7, 11) is 0. The van der Waals surface area contributed by atoms with Crippen molar-refractivity contribution in [3.63, 3.8) is 0 Å². The van der Waals surface area contributed by atoms with Crippen molar-refractivity contribution in [2.45, 2.75) is 25.3 Å². The smallest absolute Gasteiger partial charge is 0.307 e. The first-order valence-electron chi connectivity index (χ1n) is 7.96. The van der Waals surface area contributed by atoms with Gasteiger partial charge in [-0.3, -0.25) is 9.59 Å². The Morgan fingerprint density at radius 3 is 2.67 bits per heavy atom. The highest BCUT2D eigenvalue weighted by molar-refractivity contribution is 6.30. The van der Waals surface area contributed by atoms with Gasteiger partial charge in [0.25, 0.3) is 5.91 Å². The van der Waals surface area contributed by atoms with E-state index in [4.69, 9.17) is 16.7 Å². The van der Waals surface area contributed by atoms with Crippen LogP contribution in [0.1, 0.15) is 29.6 Å². The predicted octanol–water partition coefficient (Wildman–Crippen LogP) is 1.82. The molecule has 1 aliphatic heterocycles. The Kier molecular flexibility index (Phi) is 6.75. The highest BCUT2D eigenvalue weighted by Crippen LogP contribution is 2.17. The molecule has 130 valence electrons. The van der Waals surface area contributed by atoms with Gasteiger partial charge in [-0.1, -0.05) is 11.6 Å². The number of nitrogens with zero attached hydrogens (tertiary/aromatic N) is 1. The minimum Gasteiger partial charge on any atom is -0.481 e. The molecule has 1 aromatic rings. The Balaban J connectivity index is 1.74. The van der Waals surface area contributed by atoms with Crippen LogP contribution in [0.2, 0.25) is 5.02 Å². The van der Waals surface area contributed by atoms with E-state index in [-0.39, 0.29) is 11.8 Å². The number of aliphatic carboxylic acids is 1. The summed E-state index contributed by atoms with van der Waals surface area (Å²) in [6, 6.07) is 5.91. The molecule has 0 aliphatic carbocycles. The Hall–Kier alpha value is -1.92. The molecule has 6 nitrogen and oxygen atoms in total. The minimum absolute atomic E-state index is 0.295. The molecule has 0 spiro atoms. The van der Waals surface area contributed by atoms with Crippen molar-refractivity contribution < 1.29 is 19.5 Å². The summed E-state index contributed by atoms with van der Waals surface area (Å²) < 4.78 is 0. The molecule has 7 heteroatoms. The molecule has 1 saturated heterocycles. The normalized spacial score (nSPS) is 19.0. The third-order valence-electron chi connectivity index (χ3n) is 4.20. The highest BCUT2D eigenvalue weighted by atomic mass is 35.5. The number of carbonyl (C=O) groups is 3. The Morgan fingerprint density at radius 2 is 2.08 bits per heavy atom. The average Bonchev–Trinajstić information content (AvgIpc) is 3.03. The number of carboxylic acids is 1. The van der Waals surface area contributed by atoms with Crippen molar-refractivity contribution in [2.75, 3.05) is 19.6 Å². The third-order valence-corrected chi connectivity index (χ3v) is 4.45. The van der Waals surface area contributed by atoms with Gasteiger partial charge in [0.15, 0.2) is 0 Å². The number of amides is 1. The van der Waals surface area contributed by atoms with Gasteiger partial charge in [-0.2, -0.15) is 0 Å². The van der Waals surface area contributed by atoms with Crippen molar-refractivity contribution in [1.29, 1.82) is 0 Å². The van der Waals surface area contributed by atoms with Crippen LogP contribution in [0, 0.1) is 5.92 Å². The summed E-state index contributed by atoms with van der Waals surface area (Å²) >= 11 is 5.78. The number of nitrogens with one attached hydrogen (secondary N) is 1. The van der Waals surface area contributed by atoms with Crippen LogP contribution < -0.4 is 5.32 Å². The zero-order valence-corrected chi connectivity index (χ0v) is 14.0. The van der Waals surface area contributed by atoms with Crippen LogP contribution in [0.5, 0.6) is 0 Å². The lowest BCUT2D eigenvalue weighted by atomic mass is 10.1.